The summed E-state index contributed by atoms with van der Waals surface area (Å²) in [6, 6.07) is 6.12. The van der Waals surface area contributed by atoms with Crippen molar-refractivity contribution in [2.45, 2.75) is 26.2 Å². The zero-order chi connectivity index (χ0) is 13.3. The Morgan fingerprint density at radius 3 is 2.61 bits per heavy atom. The highest BCUT2D eigenvalue weighted by molar-refractivity contribution is 5.63. The number of benzene rings is 1. The van der Waals surface area contributed by atoms with Gasteiger partial charge in [0.1, 0.15) is 17.4 Å². The third kappa shape index (κ3) is 2.09. The largest absolute Gasteiger partial charge is 0.334 e. The van der Waals surface area contributed by atoms with Gasteiger partial charge in [0.15, 0.2) is 5.82 Å². The molecule has 0 aliphatic heterocycles. The van der Waals surface area contributed by atoms with E-state index in [-0.39, 0.29) is 16.9 Å². The molecular weight excluding hydrogens is 233 g/mol. The van der Waals surface area contributed by atoms with Crippen LogP contribution in [-0.4, -0.2) is 10.1 Å². The summed E-state index contributed by atoms with van der Waals surface area (Å²) in [5.74, 6) is 0.0899. The summed E-state index contributed by atoms with van der Waals surface area (Å²) in [6.45, 7) is 5.83. The number of hydrogen-bond acceptors (Lipinski definition) is 4. The van der Waals surface area contributed by atoms with Gasteiger partial charge in [-0.15, -0.1) is 0 Å². The van der Waals surface area contributed by atoms with Crippen LogP contribution < -0.4 is 0 Å². The quantitative estimate of drug-likeness (QED) is 0.774. The van der Waals surface area contributed by atoms with Crippen molar-refractivity contribution in [3.63, 3.8) is 0 Å². The predicted octanol–water partition coefficient (Wildman–Crippen LogP) is 3.04. The second-order valence-electron chi connectivity index (χ2n) is 4.95. The lowest BCUT2D eigenvalue weighted by Crippen LogP contribution is -2.13. The Balaban J connectivity index is 2.54. The Hall–Kier alpha value is -2.22. The molecule has 0 radical (unpaired) electrons. The Bertz CT molecular complexity index is 620. The number of aromatic nitrogens is 2. The minimum Gasteiger partial charge on any atom is -0.334 e. The Morgan fingerprint density at radius 2 is 2.06 bits per heavy atom. The van der Waals surface area contributed by atoms with Crippen LogP contribution >= 0.6 is 0 Å². The van der Waals surface area contributed by atoms with Gasteiger partial charge in [0.05, 0.1) is 5.56 Å². The molecule has 0 N–H and O–H groups in total. The molecule has 0 saturated carbocycles. The number of hydrogen-bond donors (Lipinski definition) is 0. The first-order chi connectivity index (χ1) is 8.43. The maximum absolute atomic E-state index is 13.5. The van der Waals surface area contributed by atoms with Gasteiger partial charge < -0.3 is 4.52 Å². The molecule has 2 rings (SSSR count). The summed E-state index contributed by atoms with van der Waals surface area (Å²) in [5.41, 5.74) is -0.0240. The first-order valence-electron chi connectivity index (χ1n) is 5.46. The van der Waals surface area contributed by atoms with Gasteiger partial charge in [-0.2, -0.15) is 10.2 Å². The normalized spacial score (nSPS) is 11.3. The molecule has 5 heteroatoms. The Labute approximate surface area is 104 Å². The van der Waals surface area contributed by atoms with E-state index >= 15 is 0 Å². The fourth-order valence-corrected chi connectivity index (χ4v) is 1.45. The molecule has 0 bridgehead atoms. The summed E-state index contributed by atoms with van der Waals surface area (Å²) < 4.78 is 18.6. The number of rotatable bonds is 1. The molecule has 0 fully saturated rings. The standard InChI is InChI=1S/C13H12FN3O/c1-13(2,3)12-16-11(18-17-12)8-5-4-6-10(14)9(8)7-15/h4-6H,1-3H3. The molecule has 0 unspecified atom stereocenters. The molecule has 0 spiro atoms. The van der Waals surface area contributed by atoms with E-state index in [1.54, 1.807) is 6.07 Å². The minimum atomic E-state index is -0.592. The van der Waals surface area contributed by atoms with Gasteiger partial charge in [0.2, 0.25) is 0 Å². The van der Waals surface area contributed by atoms with E-state index in [4.69, 9.17) is 9.78 Å². The van der Waals surface area contributed by atoms with Crippen molar-refractivity contribution in [2.75, 3.05) is 0 Å². The summed E-state index contributed by atoms with van der Waals surface area (Å²) in [7, 11) is 0. The van der Waals surface area contributed by atoms with Gasteiger partial charge in [-0.1, -0.05) is 32.0 Å². The van der Waals surface area contributed by atoms with E-state index in [0.29, 0.717) is 11.4 Å². The SMILES string of the molecule is CC(C)(C)c1noc(-c2cccc(F)c2C#N)n1. The Morgan fingerprint density at radius 1 is 1.33 bits per heavy atom. The molecule has 4 nitrogen and oxygen atoms in total. The van der Waals surface area contributed by atoms with Crippen molar-refractivity contribution in [2.24, 2.45) is 0 Å². The van der Waals surface area contributed by atoms with E-state index in [9.17, 15) is 4.39 Å². The highest BCUT2D eigenvalue weighted by atomic mass is 19.1. The molecule has 2 aromatic rings. The summed E-state index contributed by atoms with van der Waals surface area (Å²) in [4.78, 5) is 4.21. The molecule has 1 heterocycles. The average Bonchev–Trinajstić information content (AvgIpc) is 2.77. The minimum absolute atomic E-state index is 0.0818. The second-order valence-corrected chi connectivity index (χ2v) is 4.95. The van der Waals surface area contributed by atoms with Crippen LogP contribution in [0.15, 0.2) is 22.7 Å². The highest BCUT2D eigenvalue weighted by Gasteiger charge is 2.23. The molecule has 1 aromatic heterocycles. The van der Waals surface area contributed by atoms with E-state index < -0.39 is 5.82 Å². The molecule has 18 heavy (non-hydrogen) atoms. The molecule has 0 saturated heterocycles. The molecule has 1 aromatic carbocycles. The average molecular weight is 245 g/mol. The van der Waals surface area contributed by atoms with Crippen LogP contribution in [0.4, 0.5) is 4.39 Å². The number of nitrogens with zero attached hydrogens (tertiary/aromatic N) is 3. The van der Waals surface area contributed by atoms with Gasteiger partial charge >= 0.3 is 0 Å². The van der Waals surface area contributed by atoms with Crippen molar-refractivity contribution >= 4 is 0 Å². The van der Waals surface area contributed by atoms with E-state index in [0.717, 1.165) is 0 Å². The van der Waals surface area contributed by atoms with Gasteiger partial charge in [-0.05, 0) is 12.1 Å². The van der Waals surface area contributed by atoms with Gasteiger partial charge in [-0.25, -0.2) is 4.39 Å². The maximum Gasteiger partial charge on any atom is 0.259 e. The lowest BCUT2D eigenvalue weighted by atomic mass is 9.96. The first-order valence-corrected chi connectivity index (χ1v) is 5.46. The molecule has 0 aliphatic rings. The molecule has 92 valence electrons. The lowest BCUT2D eigenvalue weighted by Gasteiger charge is -2.10. The maximum atomic E-state index is 13.5. The number of halogens is 1. The van der Waals surface area contributed by atoms with Crippen LogP contribution in [0.3, 0.4) is 0 Å². The molecule has 0 atom stereocenters. The van der Waals surface area contributed by atoms with Crippen molar-refractivity contribution in [1.82, 2.24) is 10.1 Å². The van der Waals surface area contributed by atoms with Crippen molar-refractivity contribution in [1.29, 1.82) is 5.26 Å². The monoisotopic (exact) mass is 245 g/mol. The van der Waals surface area contributed by atoms with Crippen LogP contribution in [0, 0.1) is 17.1 Å². The topological polar surface area (TPSA) is 62.7 Å². The Kier molecular flexibility index (Phi) is 2.87. The molecule has 0 aliphatic carbocycles. The molecular formula is C13H12FN3O. The summed E-state index contributed by atoms with van der Waals surface area (Å²) in [6.07, 6.45) is 0. The first kappa shape index (κ1) is 12.2. The fraction of sp³-hybridized carbons (Fsp3) is 0.308. The third-order valence-electron chi connectivity index (χ3n) is 2.45. The third-order valence-corrected chi connectivity index (χ3v) is 2.45. The van der Waals surface area contributed by atoms with E-state index in [1.165, 1.54) is 12.1 Å². The van der Waals surface area contributed by atoms with Crippen molar-refractivity contribution in [3.05, 3.63) is 35.4 Å². The predicted molar refractivity (Wildman–Crippen MR) is 63.1 cm³/mol. The van der Waals surface area contributed by atoms with Crippen molar-refractivity contribution < 1.29 is 8.91 Å². The van der Waals surface area contributed by atoms with Gasteiger partial charge in [0.25, 0.3) is 5.89 Å². The second kappa shape index (κ2) is 4.22. The van der Waals surface area contributed by atoms with Crippen LogP contribution in [0.5, 0.6) is 0 Å². The van der Waals surface area contributed by atoms with Gasteiger partial charge in [0, 0.05) is 5.41 Å². The number of nitriles is 1. The van der Waals surface area contributed by atoms with E-state index in [2.05, 4.69) is 10.1 Å². The van der Waals surface area contributed by atoms with Gasteiger partial charge in [-0.3, -0.25) is 0 Å². The zero-order valence-corrected chi connectivity index (χ0v) is 10.4. The molecule has 0 amide bonds. The fourth-order valence-electron chi connectivity index (χ4n) is 1.45. The van der Waals surface area contributed by atoms with Crippen molar-refractivity contribution in [3.8, 4) is 17.5 Å². The van der Waals surface area contributed by atoms with Crippen LogP contribution in [0.25, 0.3) is 11.5 Å². The smallest absolute Gasteiger partial charge is 0.259 e. The van der Waals surface area contributed by atoms with Crippen LogP contribution in [-0.2, 0) is 5.41 Å². The van der Waals surface area contributed by atoms with E-state index in [1.807, 2.05) is 26.8 Å². The zero-order valence-electron chi connectivity index (χ0n) is 10.4. The van der Waals surface area contributed by atoms with Crippen LogP contribution in [0.1, 0.15) is 32.2 Å². The summed E-state index contributed by atoms with van der Waals surface area (Å²) in [5, 5.41) is 12.8. The highest BCUT2D eigenvalue weighted by Crippen LogP contribution is 2.26. The van der Waals surface area contributed by atoms with Crippen LogP contribution in [0.2, 0.25) is 0 Å². The lowest BCUT2D eigenvalue weighted by molar-refractivity contribution is 0.402. The summed E-state index contributed by atoms with van der Waals surface area (Å²) >= 11 is 0.